The van der Waals surface area contributed by atoms with Crippen molar-refractivity contribution in [3.8, 4) is 6.07 Å². The van der Waals surface area contributed by atoms with Crippen LogP contribution in [0.2, 0.25) is 5.02 Å². The number of pyridine rings is 1. The van der Waals surface area contributed by atoms with Gasteiger partial charge in [-0.2, -0.15) is 23.4 Å². The van der Waals surface area contributed by atoms with Crippen LogP contribution in [0.15, 0.2) is 48.8 Å². The smallest absolute Gasteiger partial charge is 0.370 e. The van der Waals surface area contributed by atoms with Gasteiger partial charge in [-0.05, 0) is 43.2 Å². The minimum atomic E-state index is -4.46. The van der Waals surface area contributed by atoms with Gasteiger partial charge in [0.2, 0.25) is 5.95 Å². The van der Waals surface area contributed by atoms with Crippen LogP contribution in [0, 0.1) is 17.2 Å². The molecule has 11 heteroatoms. The minimum absolute atomic E-state index is 0.107. The minimum Gasteiger partial charge on any atom is -0.370 e. The Hall–Kier alpha value is -3.58. The van der Waals surface area contributed by atoms with E-state index in [9.17, 15) is 13.2 Å². The van der Waals surface area contributed by atoms with Crippen molar-refractivity contribution >= 4 is 40.6 Å². The van der Waals surface area contributed by atoms with Gasteiger partial charge in [0.25, 0.3) is 0 Å². The molecule has 0 amide bonds. The number of piperidine rings is 1. The molecule has 1 aliphatic rings. The molecule has 0 saturated carbocycles. The first-order valence-corrected chi connectivity index (χ1v) is 10.5. The topological polar surface area (TPSA) is 89.8 Å². The largest absolute Gasteiger partial charge is 0.416 e. The molecule has 0 atom stereocenters. The molecule has 170 valence electrons. The molecule has 1 aliphatic heterocycles. The Balaban J connectivity index is 1.45. The number of aromatic nitrogens is 3. The summed E-state index contributed by atoms with van der Waals surface area (Å²) < 4.78 is 38.9. The predicted molar refractivity (Wildman–Crippen MR) is 120 cm³/mol. The van der Waals surface area contributed by atoms with Crippen molar-refractivity contribution in [2.75, 3.05) is 28.6 Å². The second-order valence-corrected chi connectivity index (χ2v) is 7.92. The first-order chi connectivity index (χ1) is 15.8. The molecule has 33 heavy (non-hydrogen) atoms. The van der Waals surface area contributed by atoms with Gasteiger partial charge in [0, 0.05) is 24.7 Å². The lowest BCUT2D eigenvalue weighted by molar-refractivity contribution is -0.137. The molecule has 2 aromatic heterocycles. The standard InChI is InChI=1S/C22H19ClF3N7/c23-18-13-29-21(32-20(18)30-16-3-1-2-15(10-16)22(24,25)26)31-19-5-4-17(12-28-19)33-8-6-14(11-27)7-9-33/h1-5,10,12-14H,6-9H2,(H2,28,29,30,31,32). The molecular weight excluding hydrogens is 455 g/mol. The Kier molecular flexibility index (Phi) is 6.51. The Morgan fingerprint density at radius 2 is 1.85 bits per heavy atom. The third-order valence-corrected chi connectivity index (χ3v) is 5.50. The average molecular weight is 474 g/mol. The summed E-state index contributed by atoms with van der Waals surface area (Å²) in [6.07, 6.45) is 0.282. The van der Waals surface area contributed by atoms with E-state index in [0.29, 0.717) is 5.82 Å². The van der Waals surface area contributed by atoms with Crippen LogP contribution >= 0.6 is 11.6 Å². The number of benzene rings is 1. The van der Waals surface area contributed by atoms with E-state index in [1.54, 1.807) is 12.3 Å². The lowest BCUT2D eigenvalue weighted by Gasteiger charge is -2.30. The van der Waals surface area contributed by atoms with Gasteiger partial charge in [-0.3, -0.25) is 0 Å². The van der Waals surface area contributed by atoms with Crippen molar-refractivity contribution in [1.29, 1.82) is 5.26 Å². The van der Waals surface area contributed by atoms with Crippen LogP contribution in [0.25, 0.3) is 0 Å². The van der Waals surface area contributed by atoms with E-state index in [2.05, 4.69) is 36.6 Å². The Labute approximate surface area is 193 Å². The molecule has 4 rings (SSSR count). The highest BCUT2D eigenvalue weighted by Crippen LogP contribution is 2.32. The Morgan fingerprint density at radius 3 is 2.52 bits per heavy atom. The monoisotopic (exact) mass is 473 g/mol. The molecule has 0 aliphatic carbocycles. The third-order valence-electron chi connectivity index (χ3n) is 5.23. The van der Waals surface area contributed by atoms with Gasteiger partial charge in [0.1, 0.15) is 10.8 Å². The second-order valence-electron chi connectivity index (χ2n) is 7.51. The highest BCUT2D eigenvalue weighted by atomic mass is 35.5. The summed E-state index contributed by atoms with van der Waals surface area (Å²) in [4.78, 5) is 14.9. The summed E-state index contributed by atoms with van der Waals surface area (Å²) in [5, 5.41) is 14.9. The molecule has 1 saturated heterocycles. The van der Waals surface area contributed by atoms with Gasteiger partial charge in [-0.1, -0.05) is 17.7 Å². The van der Waals surface area contributed by atoms with E-state index in [1.807, 2.05) is 6.07 Å². The highest BCUT2D eigenvalue weighted by Gasteiger charge is 2.30. The van der Waals surface area contributed by atoms with Gasteiger partial charge in [-0.15, -0.1) is 0 Å². The van der Waals surface area contributed by atoms with Gasteiger partial charge in [0.05, 0.1) is 29.7 Å². The zero-order valence-electron chi connectivity index (χ0n) is 17.3. The van der Waals surface area contributed by atoms with Crippen molar-refractivity contribution in [2.24, 2.45) is 5.92 Å². The molecule has 7 nitrogen and oxygen atoms in total. The normalized spacial score (nSPS) is 14.6. The maximum atomic E-state index is 13.0. The fourth-order valence-corrected chi connectivity index (χ4v) is 3.59. The number of nitrogens with zero attached hydrogens (tertiary/aromatic N) is 5. The fourth-order valence-electron chi connectivity index (χ4n) is 3.45. The quantitative estimate of drug-likeness (QED) is 0.486. The van der Waals surface area contributed by atoms with E-state index >= 15 is 0 Å². The summed E-state index contributed by atoms with van der Waals surface area (Å²) in [6.45, 7) is 1.61. The van der Waals surface area contributed by atoms with Crippen molar-refractivity contribution in [1.82, 2.24) is 15.0 Å². The van der Waals surface area contributed by atoms with E-state index in [-0.39, 0.29) is 28.4 Å². The molecule has 1 aromatic carbocycles. The zero-order valence-corrected chi connectivity index (χ0v) is 18.0. The molecule has 1 fully saturated rings. The van der Waals surface area contributed by atoms with Gasteiger partial charge < -0.3 is 15.5 Å². The summed E-state index contributed by atoms with van der Waals surface area (Å²) >= 11 is 6.13. The maximum absolute atomic E-state index is 13.0. The van der Waals surface area contributed by atoms with Crippen LogP contribution in [-0.4, -0.2) is 28.0 Å². The maximum Gasteiger partial charge on any atom is 0.416 e. The van der Waals surface area contributed by atoms with Crippen LogP contribution in [0.4, 0.5) is 42.1 Å². The third kappa shape index (κ3) is 5.62. The van der Waals surface area contributed by atoms with Crippen LogP contribution < -0.4 is 15.5 Å². The molecule has 2 N–H and O–H groups in total. The first-order valence-electron chi connectivity index (χ1n) is 10.2. The van der Waals surface area contributed by atoms with E-state index < -0.39 is 11.7 Å². The molecule has 0 spiro atoms. The lowest BCUT2D eigenvalue weighted by atomic mass is 9.98. The van der Waals surface area contributed by atoms with E-state index in [0.717, 1.165) is 43.8 Å². The fraction of sp³-hybridized carbons (Fsp3) is 0.273. The number of halogens is 4. The van der Waals surface area contributed by atoms with Gasteiger partial charge in [0.15, 0.2) is 5.82 Å². The van der Waals surface area contributed by atoms with Crippen LogP contribution in [0.1, 0.15) is 18.4 Å². The molecule has 0 unspecified atom stereocenters. The molecular formula is C22H19ClF3N7. The SMILES string of the molecule is N#CC1CCN(c2ccc(Nc3ncc(Cl)c(Nc4cccc(C(F)(F)F)c4)n3)nc2)CC1. The Bertz CT molecular complexity index is 1150. The number of alkyl halides is 3. The van der Waals surface area contributed by atoms with Crippen LogP contribution in [0.3, 0.4) is 0 Å². The number of hydrogen-bond donors (Lipinski definition) is 2. The molecule has 3 aromatic rings. The molecule has 0 radical (unpaired) electrons. The van der Waals surface area contributed by atoms with Crippen molar-refractivity contribution in [3.63, 3.8) is 0 Å². The van der Waals surface area contributed by atoms with E-state index in [4.69, 9.17) is 16.9 Å². The van der Waals surface area contributed by atoms with Crippen molar-refractivity contribution < 1.29 is 13.2 Å². The second kappa shape index (κ2) is 9.50. The van der Waals surface area contributed by atoms with E-state index in [1.165, 1.54) is 18.3 Å². The van der Waals surface area contributed by atoms with Gasteiger partial charge >= 0.3 is 6.18 Å². The average Bonchev–Trinajstić information content (AvgIpc) is 2.81. The summed E-state index contributed by atoms with van der Waals surface area (Å²) in [5.74, 6) is 0.948. The highest BCUT2D eigenvalue weighted by molar-refractivity contribution is 6.32. The van der Waals surface area contributed by atoms with Crippen LogP contribution in [-0.2, 0) is 6.18 Å². The molecule has 3 heterocycles. The summed E-state index contributed by atoms with van der Waals surface area (Å²) in [7, 11) is 0. The van der Waals surface area contributed by atoms with Crippen molar-refractivity contribution in [3.05, 3.63) is 59.4 Å². The Morgan fingerprint density at radius 1 is 1.06 bits per heavy atom. The number of nitrogens with one attached hydrogen (secondary N) is 2. The predicted octanol–water partition coefficient (Wildman–Crippen LogP) is 5.77. The van der Waals surface area contributed by atoms with Crippen LogP contribution in [0.5, 0.6) is 0 Å². The summed E-state index contributed by atoms with van der Waals surface area (Å²) in [5.41, 5.74) is 0.372. The number of hydrogen-bond acceptors (Lipinski definition) is 7. The molecule has 0 bridgehead atoms. The zero-order chi connectivity index (χ0) is 23.4. The number of nitriles is 1. The van der Waals surface area contributed by atoms with Gasteiger partial charge in [-0.25, -0.2) is 9.97 Å². The number of anilines is 5. The van der Waals surface area contributed by atoms with Crippen molar-refractivity contribution in [2.45, 2.75) is 19.0 Å². The lowest BCUT2D eigenvalue weighted by Crippen LogP contribution is -2.33. The first kappa shape index (κ1) is 22.6. The summed E-state index contributed by atoms with van der Waals surface area (Å²) in [6, 6.07) is 10.8. The number of rotatable bonds is 5.